The second-order valence-corrected chi connectivity index (χ2v) is 3.37. The second-order valence-electron chi connectivity index (χ2n) is 3.37. The van der Waals surface area contributed by atoms with Gasteiger partial charge in [-0.05, 0) is 19.9 Å². The molecule has 2 aromatic heterocycles. The van der Waals surface area contributed by atoms with E-state index in [1.807, 2.05) is 13.0 Å². The van der Waals surface area contributed by atoms with E-state index >= 15 is 0 Å². The van der Waals surface area contributed by atoms with Crippen LogP contribution in [-0.2, 0) is 0 Å². The van der Waals surface area contributed by atoms with E-state index in [9.17, 15) is 0 Å². The van der Waals surface area contributed by atoms with Crippen LogP contribution in [0, 0.1) is 6.92 Å². The monoisotopic (exact) mass is 206 g/mol. The Labute approximate surface area is 87.6 Å². The van der Waals surface area contributed by atoms with E-state index < -0.39 is 0 Å². The van der Waals surface area contributed by atoms with Gasteiger partial charge in [-0.2, -0.15) is 0 Å². The Hall–Kier alpha value is -1.62. The molecule has 0 aromatic carbocycles. The van der Waals surface area contributed by atoms with E-state index in [1.165, 1.54) is 0 Å². The first-order valence-corrected chi connectivity index (χ1v) is 4.98. The molecule has 3 N–H and O–H groups in total. The van der Waals surface area contributed by atoms with Crippen LogP contribution in [0.3, 0.4) is 0 Å². The SMILES string of the molecule is Cc1noc2ccnc(NCCCN)c12. The summed E-state index contributed by atoms with van der Waals surface area (Å²) in [6.45, 7) is 3.39. The lowest BCUT2D eigenvalue weighted by Gasteiger charge is -2.04. The van der Waals surface area contributed by atoms with Crippen molar-refractivity contribution in [1.82, 2.24) is 10.1 Å². The minimum absolute atomic E-state index is 0.672. The summed E-state index contributed by atoms with van der Waals surface area (Å²) in [4.78, 5) is 4.26. The maximum absolute atomic E-state index is 5.42. The van der Waals surface area contributed by atoms with E-state index in [2.05, 4.69) is 15.5 Å². The molecule has 0 atom stereocenters. The van der Waals surface area contributed by atoms with Crippen molar-refractivity contribution in [2.45, 2.75) is 13.3 Å². The van der Waals surface area contributed by atoms with Gasteiger partial charge >= 0.3 is 0 Å². The van der Waals surface area contributed by atoms with Crippen molar-refractivity contribution in [2.24, 2.45) is 5.73 Å². The van der Waals surface area contributed by atoms with E-state index in [1.54, 1.807) is 6.20 Å². The van der Waals surface area contributed by atoms with Crippen LogP contribution in [-0.4, -0.2) is 23.2 Å². The van der Waals surface area contributed by atoms with Crippen LogP contribution in [0.25, 0.3) is 11.0 Å². The molecule has 2 aromatic rings. The Kier molecular flexibility index (Phi) is 2.82. The molecular formula is C10H14N4O. The molecule has 2 heterocycles. The van der Waals surface area contributed by atoms with Gasteiger partial charge in [0.15, 0.2) is 5.58 Å². The summed E-state index contributed by atoms with van der Waals surface area (Å²) in [5, 5.41) is 8.08. The Morgan fingerprint density at radius 3 is 3.20 bits per heavy atom. The predicted molar refractivity (Wildman–Crippen MR) is 58.7 cm³/mol. The van der Waals surface area contributed by atoms with Gasteiger partial charge in [-0.3, -0.25) is 0 Å². The molecule has 0 radical (unpaired) electrons. The summed E-state index contributed by atoms with van der Waals surface area (Å²) >= 11 is 0. The Bertz CT molecular complexity index is 452. The number of rotatable bonds is 4. The van der Waals surface area contributed by atoms with Crippen LogP contribution in [0.5, 0.6) is 0 Å². The van der Waals surface area contributed by atoms with Gasteiger partial charge in [0.25, 0.3) is 0 Å². The molecule has 0 saturated heterocycles. The van der Waals surface area contributed by atoms with E-state index in [4.69, 9.17) is 10.3 Å². The maximum atomic E-state index is 5.42. The summed E-state index contributed by atoms with van der Waals surface area (Å²) < 4.78 is 5.14. The average Bonchev–Trinajstić information content (AvgIpc) is 2.62. The topological polar surface area (TPSA) is 77.0 Å². The molecule has 5 nitrogen and oxygen atoms in total. The highest BCUT2D eigenvalue weighted by molar-refractivity contribution is 5.89. The zero-order chi connectivity index (χ0) is 10.7. The van der Waals surface area contributed by atoms with Gasteiger partial charge in [0.05, 0.1) is 11.1 Å². The lowest BCUT2D eigenvalue weighted by atomic mass is 10.2. The fraction of sp³-hybridized carbons (Fsp3) is 0.400. The molecule has 15 heavy (non-hydrogen) atoms. The van der Waals surface area contributed by atoms with Crippen molar-refractivity contribution >= 4 is 16.8 Å². The normalized spacial score (nSPS) is 10.8. The fourth-order valence-electron chi connectivity index (χ4n) is 1.48. The third-order valence-corrected chi connectivity index (χ3v) is 2.23. The fourth-order valence-corrected chi connectivity index (χ4v) is 1.48. The number of nitrogens with two attached hydrogens (primary N) is 1. The molecule has 0 spiro atoms. The predicted octanol–water partition coefficient (Wildman–Crippen LogP) is 1.29. The standard InChI is InChI=1S/C10H14N4O/c1-7-9-8(15-14-7)3-6-13-10(9)12-5-2-4-11/h3,6H,2,4-5,11H2,1H3,(H,12,13). The van der Waals surface area contributed by atoms with Crippen molar-refractivity contribution in [2.75, 3.05) is 18.4 Å². The van der Waals surface area contributed by atoms with E-state index in [-0.39, 0.29) is 0 Å². The first-order valence-electron chi connectivity index (χ1n) is 4.98. The molecule has 0 fully saturated rings. The number of nitrogens with zero attached hydrogens (tertiary/aromatic N) is 2. The van der Waals surface area contributed by atoms with Gasteiger partial charge < -0.3 is 15.6 Å². The Balaban J connectivity index is 2.29. The van der Waals surface area contributed by atoms with Crippen molar-refractivity contribution in [3.8, 4) is 0 Å². The van der Waals surface area contributed by atoms with Crippen LogP contribution in [0.1, 0.15) is 12.1 Å². The zero-order valence-corrected chi connectivity index (χ0v) is 8.66. The molecule has 0 aliphatic carbocycles. The molecule has 0 saturated carbocycles. The smallest absolute Gasteiger partial charge is 0.172 e. The third kappa shape index (κ3) is 1.92. The summed E-state index contributed by atoms with van der Waals surface area (Å²) in [6, 6.07) is 1.81. The molecule has 0 aliphatic heterocycles. The summed E-state index contributed by atoms with van der Waals surface area (Å²) in [5.74, 6) is 0.819. The average molecular weight is 206 g/mol. The van der Waals surface area contributed by atoms with Crippen molar-refractivity contribution in [1.29, 1.82) is 0 Å². The second kappa shape index (κ2) is 4.27. The van der Waals surface area contributed by atoms with Gasteiger partial charge in [0.1, 0.15) is 5.82 Å². The summed E-state index contributed by atoms with van der Waals surface area (Å²) in [5.41, 5.74) is 7.04. The number of pyridine rings is 1. The molecular weight excluding hydrogens is 192 g/mol. The maximum Gasteiger partial charge on any atom is 0.172 e. The van der Waals surface area contributed by atoms with Gasteiger partial charge in [0.2, 0.25) is 0 Å². The Morgan fingerprint density at radius 1 is 1.53 bits per heavy atom. The van der Waals surface area contributed by atoms with Crippen LogP contribution in [0.15, 0.2) is 16.8 Å². The third-order valence-electron chi connectivity index (χ3n) is 2.23. The number of fused-ring (bicyclic) bond motifs is 1. The molecule has 2 rings (SSSR count). The number of anilines is 1. The number of hydrogen-bond acceptors (Lipinski definition) is 5. The van der Waals surface area contributed by atoms with Crippen molar-refractivity contribution < 1.29 is 4.52 Å². The van der Waals surface area contributed by atoms with Crippen LogP contribution in [0.2, 0.25) is 0 Å². The number of nitrogens with one attached hydrogen (secondary N) is 1. The molecule has 80 valence electrons. The van der Waals surface area contributed by atoms with Crippen LogP contribution >= 0.6 is 0 Å². The number of hydrogen-bond donors (Lipinski definition) is 2. The largest absolute Gasteiger partial charge is 0.369 e. The molecule has 0 unspecified atom stereocenters. The van der Waals surface area contributed by atoms with Gasteiger partial charge in [-0.25, -0.2) is 4.98 Å². The Morgan fingerprint density at radius 2 is 2.40 bits per heavy atom. The summed E-state index contributed by atoms with van der Waals surface area (Å²) in [6.07, 6.45) is 2.63. The minimum Gasteiger partial charge on any atom is -0.369 e. The van der Waals surface area contributed by atoms with Crippen molar-refractivity contribution in [3.05, 3.63) is 18.0 Å². The quantitative estimate of drug-likeness (QED) is 0.737. The number of aryl methyl sites for hydroxylation is 1. The minimum atomic E-state index is 0.672. The lowest BCUT2D eigenvalue weighted by Crippen LogP contribution is -2.09. The highest BCUT2D eigenvalue weighted by atomic mass is 16.5. The van der Waals surface area contributed by atoms with Crippen LogP contribution < -0.4 is 11.1 Å². The van der Waals surface area contributed by atoms with Gasteiger partial charge in [-0.1, -0.05) is 5.16 Å². The molecule has 0 aliphatic rings. The first kappa shape index (κ1) is 9.92. The van der Waals surface area contributed by atoms with Crippen LogP contribution in [0.4, 0.5) is 5.82 Å². The highest BCUT2D eigenvalue weighted by Crippen LogP contribution is 2.23. The van der Waals surface area contributed by atoms with Gasteiger partial charge in [-0.15, -0.1) is 0 Å². The van der Waals surface area contributed by atoms with Crippen molar-refractivity contribution in [3.63, 3.8) is 0 Å². The molecule has 0 amide bonds. The number of aromatic nitrogens is 2. The highest BCUT2D eigenvalue weighted by Gasteiger charge is 2.09. The zero-order valence-electron chi connectivity index (χ0n) is 8.66. The van der Waals surface area contributed by atoms with E-state index in [0.717, 1.165) is 35.4 Å². The summed E-state index contributed by atoms with van der Waals surface area (Å²) in [7, 11) is 0. The first-order chi connectivity index (χ1) is 7.33. The van der Waals surface area contributed by atoms with E-state index in [0.29, 0.717) is 6.54 Å². The van der Waals surface area contributed by atoms with Gasteiger partial charge in [0, 0.05) is 18.8 Å². The molecule has 5 heteroatoms. The lowest BCUT2D eigenvalue weighted by molar-refractivity contribution is 0.450. The molecule has 0 bridgehead atoms.